The first-order valence-corrected chi connectivity index (χ1v) is 7.38. The molecule has 0 radical (unpaired) electrons. The van der Waals surface area contributed by atoms with Crippen molar-refractivity contribution in [3.05, 3.63) is 38.3 Å². The van der Waals surface area contributed by atoms with Crippen molar-refractivity contribution in [1.29, 1.82) is 0 Å². The third kappa shape index (κ3) is 5.43. The molecule has 0 saturated carbocycles. The van der Waals surface area contributed by atoms with E-state index in [1.807, 2.05) is 20.8 Å². The Morgan fingerprint density at radius 3 is 2.57 bits per heavy atom. The van der Waals surface area contributed by atoms with E-state index in [0.717, 1.165) is 5.56 Å². The molecule has 1 atom stereocenters. The summed E-state index contributed by atoms with van der Waals surface area (Å²) in [5.74, 6) is -0.107. The van der Waals surface area contributed by atoms with Gasteiger partial charge in [0.05, 0.1) is 15.4 Å². The van der Waals surface area contributed by atoms with E-state index in [0.29, 0.717) is 11.0 Å². The molecule has 0 saturated heterocycles. The van der Waals surface area contributed by atoms with Gasteiger partial charge in [0.2, 0.25) is 5.91 Å². The fourth-order valence-electron chi connectivity index (χ4n) is 1.68. The molecule has 1 aromatic carbocycles. The van der Waals surface area contributed by atoms with Crippen molar-refractivity contribution in [2.75, 3.05) is 0 Å². The minimum atomic E-state index is -0.441. The average Bonchev–Trinajstić information content (AvgIpc) is 2.34. The van der Waals surface area contributed by atoms with Gasteiger partial charge in [0, 0.05) is 18.2 Å². The summed E-state index contributed by atoms with van der Waals surface area (Å²) in [6.07, 6.45) is 0. The average molecular weight is 358 g/mol. The fourth-order valence-corrected chi connectivity index (χ4v) is 2.23. The Labute approximate surface area is 132 Å². The normalized spacial score (nSPS) is 12.8. The molecule has 0 aromatic heterocycles. The summed E-state index contributed by atoms with van der Waals surface area (Å²) in [6, 6.07) is 4.44. The number of hydrogen-bond donors (Lipinski definition) is 2. The van der Waals surface area contributed by atoms with E-state index in [1.165, 1.54) is 6.07 Å². The standard InChI is InChI=1S/C14H20BrN3O3/c1-9(13(19)17-14(2,3)4)16-8-10-6-5-7-11(12(10)15)18(20)21/h5-7,9,16H,8H2,1-4H3,(H,17,19). The zero-order valence-electron chi connectivity index (χ0n) is 12.6. The smallest absolute Gasteiger partial charge is 0.283 e. The van der Waals surface area contributed by atoms with Crippen LogP contribution in [0.25, 0.3) is 0 Å². The number of rotatable bonds is 5. The van der Waals surface area contributed by atoms with Gasteiger partial charge in [-0.3, -0.25) is 14.9 Å². The highest BCUT2D eigenvalue weighted by molar-refractivity contribution is 9.10. The summed E-state index contributed by atoms with van der Waals surface area (Å²) in [6.45, 7) is 7.85. The molecule has 0 aliphatic heterocycles. The van der Waals surface area contributed by atoms with Gasteiger partial charge in [-0.25, -0.2) is 0 Å². The molecule has 21 heavy (non-hydrogen) atoms. The number of amides is 1. The van der Waals surface area contributed by atoms with Crippen molar-refractivity contribution >= 4 is 27.5 Å². The third-order valence-electron chi connectivity index (χ3n) is 2.75. The van der Waals surface area contributed by atoms with Crippen LogP contribution >= 0.6 is 15.9 Å². The lowest BCUT2D eigenvalue weighted by Crippen LogP contribution is -2.49. The van der Waals surface area contributed by atoms with Crippen molar-refractivity contribution in [2.24, 2.45) is 0 Å². The summed E-state index contributed by atoms with van der Waals surface area (Å²) < 4.78 is 0.436. The Kier molecular flexibility index (Phi) is 5.86. The second kappa shape index (κ2) is 7.00. The molecule has 0 heterocycles. The fraction of sp³-hybridized carbons (Fsp3) is 0.500. The van der Waals surface area contributed by atoms with E-state index >= 15 is 0 Å². The molecule has 116 valence electrons. The molecule has 0 aliphatic carbocycles. The van der Waals surface area contributed by atoms with Gasteiger partial charge in [-0.2, -0.15) is 0 Å². The minimum Gasteiger partial charge on any atom is -0.350 e. The maximum Gasteiger partial charge on any atom is 0.283 e. The van der Waals surface area contributed by atoms with Crippen LogP contribution in [0.5, 0.6) is 0 Å². The first kappa shape index (κ1) is 17.6. The van der Waals surface area contributed by atoms with Crippen LogP contribution in [0.3, 0.4) is 0 Å². The van der Waals surface area contributed by atoms with Crippen molar-refractivity contribution in [1.82, 2.24) is 10.6 Å². The second-order valence-electron chi connectivity index (χ2n) is 5.85. The van der Waals surface area contributed by atoms with Gasteiger partial charge in [0.25, 0.3) is 5.69 Å². The van der Waals surface area contributed by atoms with Gasteiger partial charge < -0.3 is 10.6 Å². The monoisotopic (exact) mass is 357 g/mol. The third-order valence-corrected chi connectivity index (χ3v) is 3.66. The van der Waals surface area contributed by atoms with Crippen molar-refractivity contribution in [2.45, 2.75) is 45.8 Å². The Morgan fingerprint density at radius 1 is 1.43 bits per heavy atom. The van der Waals surface area contributed by atoms with E-state index in [-0.39, 0.29) is 17.1 Å². The summed E-state index contributed by atoms with van der Waals surface area (Å²) in [4.78, 5) is 22.4. The van der Waals surface area contributed by atoms with Crippen LogP contribution in [-0.2, 0) is 11.3 Å². The van der Waals surface area contributed by atoms with Crippen molar-refractivity contribution < 1.29 is 9.72 Å². The van der Waals surface area contributed by atoms with E-state index < -0.39 is 11.0 Å². The number of benzene rings is 1. The van der Waals surface area contributed by atoms with Crippen LogP contribution in [0.15, 0.2) is 22.7 Å². The number of halogens is 1. The molecule has 0 spiro atoms. The minimum absolute atomic E-state index is 0.0149. The van der Waals surface area contributed by atoms with Crippen LogP contribution in [0.1, 0.15) is 33.3 Å². The molecular weight excluding hydrogens is 338 g/mol. The molecule has 2 N–H and O–H groups in total. The van der Waals surface area contributed by atoms with Gasteiger partial charge >= 0.3 is 0 Å². The van der Waals surface area contributed by atoms with Gasteiger partial charge in [0.1, 0.15) is 0 Å². The lowest BCUT2D eigenvalue weighted by Gasteiger charge is -2.23. The molecule has 0 bridgehead atoms. The lowest BCUT2D eigenvalue weighted by molar-refractivity contribution is -0.385. The zero-order chi connectivity index (χ0) is 16.2. The quantitative estimate of drug-likeness (QED) is 0.626. The first-order valence-electron chi connectivity index (χ1n) is 6.59. The molecule has 1 amide bonds. The number of carbonyl (C=O) groups excluding carboxylic acids is 1. The van der Waals surface area contributed by atoms with Crippen LogP contribution in [0.2, 0.25) is 0 Å². The predicted molar refractivity (Wildman–Crippen MR) is 85.0 cm³/mol. The maximum atomic E-state index is 11.9. The summed E-state index contributed by atoms with van der Waals surface area (Å²) in [5, 5.41) is 16.8. The molecule has 1 aromatic rings. The lowest BCUT2D eigenvalue weighted by atomic mass is 10.1. The Bertz CT molecular complexity index is 541. The number of carbonyl (C=O) groups is 1. The van der Waals surface area contributed by atoms with Crippen LogP contribution in [-0.4, -0.2) is 22.4 Å². The van der Waals surface area contributed by atoms with E-state index in [2.05, 4.69) is 26.6 Å². The molecule has 1 unspecified atom stereocenters. The van der Waals surface area contributed by atoms with Crippen LogP contribution < -0.4 is 10.6 Å². The summed E-state index contributed by atoms with van der Waals surface area (Å²) in [7, 11) is 0. The van der Waals surface area contributed by atoms with Crippen molar-refractivity contribution in [3.8, 4) is 0 Å². The highest BCUT2D eigenvalue weighted by Crippen LogP contribution is 2.28. The van der Waals surface area contributed by atoms with Gasteiger partial charge in [-0.15, -0.1) is 0 Å². The van der Waals surface area contributed by atoms with E-state index in [9.17, 15) is 14.9 Å². The number of nitrogens with zero attached hydrogens (tertiary/aromatic N) is 1. The predicted octanol–water partition coefficient (Wildman–Crippen LogP) is 2.75. The Hall–Kier alpha value is -1.47. The maximum absolute atomic E-state index is 11.9. The number of nitro groups is 1. The molecule has 1 rings (SSSR count). The molecule has 6 nitrogen and oxygen atoms in total. The number of nitro benzene ring substituents is 1. The number of nitrogens with one attached hydrogen (secondary N) is 2. The Balaban J connectivity index is 2.70. The second-order valence-corrected chi connectivity index (χ2v) is 6.64. The highest BCUT2D eigenvalue weighted by atomic mass is 79.9. The van der Waals surface area contributed by atoms with E-state index in [1.54, 1.807) is 19.1 Å². The largest absolute Gasteiger partial charge is 0.350 e. The van der Waals surface area contributed by atoms with Gasteiger partial charge in [0.15, 0.2) is 0 Å². The van der Waals surface area contributed by atoms with Crippen molar-refractivity contribution in [3.63, 3.8) is 0 Å². The summed E-state index contributed by atoms with van der Waals surface area (Å²) >= 11 is 3.24. The Morgan fingerprint density at radius 2 is 2.05 bits per heavy atom. The van der Waals surface area contributed by atoms with E-state index in [4.69, 9.17) is 0 Å². The molecular formula is C14H20BrN3O3. The van der Waals surface area contributed by atoms with Crippen LogP contribution in [0.4, 0.5) is 5.69 Å². The first-order chi connectivity index (χ1) is 9.61. The van der Waals surface area contributed by atoms with Crippen LogP contribution in [0, 0.1) is 10.1 Å². The molecule has 7 heteroatoms. The van der Waals surface area contributed by atoms with Gasteiger partial charge in [-0.05, 0) is 49.2 Å². The molecule has 0 aliphatic rings. The molecule has 0 fully saturated rings. The topological polar surface area (TPSA) is 84.3 Å². The zero-order valence-corrected chi connectivity index (χ0v) is 14.2. The SMILES string of the molecule is CC(NCc1cccc([N+](=O)[O-])c1Br)C(=O)NC(C)(C)C. The highest BCUT2D eigenvalue weighted by Gasteiger charge is 2.20. The van der Waals surface area contributed by atoms with Gasteiger partial charge in [-0.1, -0.05) is 12.1 Å². The number of hydrogen-bond acceptors (Lipinski definition) is 4. The summed E-state index contributed by atoms with van der Waals surface area (Å²) in [5.41, 5.74) is 0.458.